The molecule has 0 heterocycles. The highest BCUT2D eigenvalue weighted by Gasteiger charge is 2.16. The Morgan fingerprint density at radius 1 is 1.10 bits per heavy atom. The standard InChI is InChI=1S/C15H15F2NO2S/c1-21(19,20)11-5-2-4-10(8-11)15(18)9-12-13(16)6-3-7-14(12)17/h2-8,15H,9,18H2,1H3. The van der Waals surface area contributed by atoms with Gasteiger partial charge in [-0.3, -0.25) is 0 Å². The number of hydrogen-bond donors (Lipinski definition) is 1. The molecule has 1 atom stereocenters. The largest absolute Gasteiger partial charge is 0.324 e. The predicted octanol–water partition coefficient (Wildman–Crippen LogP) is 2.61. The molecule has 0 saturated carbocycles. The molecule has 112 valence electrons. The number of rotatable bonds is 4. The van der Waals surface area contributed by atoms with Gasteiger partial charge >= 0.3 is 0 Å². The lowest BCUT2D eigenvalue weighted by atomic mass is 9.99. The second-order valence-corrected chi connectivity index (χ2v) is 6.87. The number of sulfone groups is 1. The van der Waals surface area contributed by atoms with Crippen LogP contribution in [0.1, 0.15) is 17.2 Å². The Kier molecular flexibility index (Phi) is 4.39. The molecule has 3 nitrogen and oxygen atoms in total. The van der Waals surface area contributed by atoms with Crippen molar-refractivity contribution in [2.24, 2.45) is 5.73 Å². The lowest BCUT2D eigenvalue weighted by Gasteiger charge is -2.14. The monoisotopic (exact) mass is 311 g/mol. The summed E-state index contributed by atoms with van der Waals surface area (Å²) in [6.07, 6.45) is 1.04. The molecule has 0 aliphatic rings. The first-order valence-corrected chi connectivity index (χ1v) is 8.16. The predicted molar refractivity (Wildman–Crippen MR) is 76.5 cm³/mol. The van der Waals surface area contributed by atoms with E-state index in [1.807, 2.05) is 0 Å². The zero-order valence-electron chi connectivity index (χ0n) is 11.4. The molecule has 0 spiro atoms. The Labute approximate surface area is 122 Å². The number of halogens is 2. The summed E-state index contributed by atoms with van der Waals surface area (Å²) in [5.74, 6) is -1.32. The van der Waals surface area contributed by atoms with Crippen molar-refractivity contribution < 1.29 is 17.2 Å². The molecule has 0 amide bonds. The maximum absolute atomic E-state index is 13.6. The molecule has 0 radical (unpaired) electrons. The van der Waals surface area contributed by atoms with Gasteiger partial charge in [0, 0.05) is 17.9 Å². The van der Waals surface area contributed by atoms with Crippen molar-refractivity contribution in [2.75, 3.05) is 6.26 Å². The average molecular weight is 311 g/mol. The number of hydrogen-bond acceptors (Lipinski definition) is 3. The summed E-state index contributed by atoms with van der Waals surface area (Å²) in [6.45, 7) is 0. The van der Waals surface area contributed by atoms with E-state index in [4.69, 9.17) is 5.73 Å². The molecule has 1 unspecified atom stereocenters. The molecular weight excluding hydrogens is 296 g/mol. The Hall–Kier alpha value is -1.79. The van der Waals surface area contributed by atoms with Crippen LogP contribution in [-0.2, 0) is 16.3 Å². The Balaban J connectivity index is 2.31. The molecule has 0 saturated heterocycles. The number of benzene rings is 2. The maximum atomic E-state index is 13.6. The van der Waals surface area contributed by atoms with Crippen molar-refractivity contribution in [1.29, 1.82) is 0 Å². The van der Waals surface area contributed by atoms with Gasteiger partial charge in [-0.2, -0.15) is 0 Å². The van der Waals surface area contributed by atoms with Gasteiger partial charge in [0.25, 0.3) is 0 Å². The van der Waals surface area contributed by atoms with E-state index in [-0.39, 0.29) is 16.9 Å². The molecule has 6 heteroatoms. The van der Waals surface area contributed by atoms with Crippen LogP contribution in [0.2, 0.25) is 0 Å². The molecule has 2 rings (SSSR count). The molecule has 0 fully saturated rings. The summed E-state index contributed by atoms with van der Waals surface area (Å²) in [6, 6.07) is 8.99. The summed E-state index contributed by atoms with van der Waals surface area (Å²) in [5.41, 5.74) is 6.36. The summed E-state index contributed by atoms with van der Waals surface area (Å²) in [5, 5.41) is 0. The first-order chi connectivity index (χ1) is 9.79. The van der Waals surface area contributed by atoms with E-state index in [1.54, 1.807) is 12.1 Å². The summed E-state index contributed by atoms with van der Waals surface area (Å²) in [7, 11) is -3.35. The summed E-state index contributed by atoms with van der Waals surface area (Å²) < 4.78 is 50.2. The molecular formula is C15H15F2NO2S. The second-order valence-electron chi connectivity index (χ2n) is 4.86. The molecule has 0 aromatic heterocycles. The van der Waals surface area contributed by atoms with E-state index in [0.717, 1.165) is 18.4 Å². The van der Waals surface area contributed by atoms with Crippen LogP contribution in [0.25, 0.3) is 0 Å². The fourth-order valence-corrected chi connectivity index (χ4v) is 2.72. The molecule has 2 N–H and O–H groups in total. The minimum Gasteiger partial charge on any atom is -0.324 e. The fraction of sp³-hybridized carbons (Fsp3) is 0.200. The number of nitrogens with two attached hydrogens (primary N) is 1. The Morgan fingerprint density at radius 3 is 2.24 bits per heavy atom. The van der Waals surface area contributed by atoms with E-state index < -0.39 is 27.5 Å². The van der Waals surface area contributed by atoms with E-state index in [9.17, 15) is 17.2 Å². The highest BCUT2D eigenvalue weighted by atomic mass is 32.2. The lowest BCUT2D eigenvalue weighted by molar-refractivity contribution is 0.539. The van der Waals surface area contributed by atoms with Crippen molar-refractivity contribution in [1.82, 2.24) is 0 Å². The van der Waals surface area contributed by atoms with Gasteiger partial charge in [-0.1, -0.05) is 18.2 Å². The van der Waals surface area contributed by atoms with Crippen molar-refractivity contribution in [2.45, 2.75) is 17.4 Å². The van der Waals surface area contributed by atoms with Crippen molar-refractivity contribution >= 4 is 9.84 Å². The topological polar surface area (TPSA) is 60.2 Å². The smallest absolute Gasteiger partial charge is 0.175 e. The van der Waals surface area contributed by atoms with Gasteiger partial charge < -0.3 is 5.73 Å². The van der Waals surface area contributed by atoms with Crippen molar-refractivity contribution in [3.05, 3.63) is 65.2 Å². The van der Waals surface area contributed by atoms with Gasteiger partial charge in [0.05, 0.1) is 4.90 Å². The summed E-state index contributed by atoms with van der Waals surface area (Å²) >= 11 is 0. The highest BCUT2D eigenvalue weighted by Crippen LogP contribution is 2.22. The SMILES string of the molecule is CS(=O)(=O)c1cccc(C(N)Cc2c(F)cccc2F)c1. The zero-order chi connectivity index (χ0) is 15.6. The molecule has 2 aromatic rings. The fourth-order valence-electron chi connectivity index (χ4n) is 2.04. The van der Waals surface area contributed by atoms with Crippen molar-refractivity contribution in [3.8, 4) is 0 Å². The summed E-state index contributed by atoms with van der Waals surface area (Å²) in [4.78, 5) is 0.129. The third-order valence-corrected chi connectivity index (χ3v) is 4.31. The van der Waals surface area contributed by atoms with Crippen LogP contribution in [0.5, 0.6) is 0 Å². The van der Waals surface area contributed by atoms with Gasteiger partial charge in [-0.05, 0) is 36.2 Å². The van der Waals surface area contributed by atoms with Crippen LogP contribution < -0.4 is 5.73 Å². The molecule has 0 bridgehead atoms. The molecule has 0 aliphatic carbocycles. The van der Waals surface area contributed by atoms with Crippen LogP contribution in [0, 0.1) is 11.6 Å². The molecule has 2 aromatic carbocycles. The highest BCUT2D eigenvalue weighted by molar-refractivity contribution is 7.90. The van der Waals surface area contributed by atoms with E-state index in [1.165, 1.54) is 18.2 Å². The van der Waals surface area contributed by atoms with Crippen LogP contribution in [0.15, 0.2) is 47.4 Å². The Morgan fingerprint density at radius 2 is 1.67 bits per heavy atom. The average Bonchev–Trinajstić information content (AvgIpc) is 2.42. The lowest BCUT2D eigenvalue weighted by Crippen LogP contribution is -2.15. The van der Waals surface area contributed by atoms with Crippen LogP contribution >= 0.6 is 0 Å². The third kappa shape index (κ3) is 3.65. The van der Waals surface area contributed by atoms with Crippen LogP contribution in [-0.4, -0.2) is 14.7 Å². The quantitative estimate of drug-likeness (QED) is 0.944. The minimum atomic E-state index is -3.35. The first kappa shape index (κ1) is 15.6. The van der Waals surface area contributed by atoms with Gasteiger partial charge in [0.1, 0.15) is 11.6 Å². The molecule has 0 aliphatic heterocycles. The third-order valence-electron chi connectivity index (χ3n) is 3.20. The first-order valence-electron chi connectivity index (χ1n) is 6.27. The molecule has 21 heavy (non-hydrogen) atoms. The van der Waals surface area contributed by atoms with Gasteiger partial charge in [-0.25, -0.2) is 17.2 Å². The Bertz CT molecular complexity index is 740. The maximum Gasteiger partial charge on any atom is 0.175 e. The zero-order valence-corrected chi connectivity index (χ0v) is 12.2. The van der Waals surface area contributed by atoms with E-state index in [0.29, 0.717) is 5.56 Å². The van der Waals surface area contributed by atoms with Crippen LogP contribution in [0.4, 0.5) is 8.78 Å². The second kappa shape index (κ2) is 5.91. The van der Waals surface area contributed by atoms with E-state index >= 15 is 0 Å². The van der Waals surface area contributed by atoms with Gasteiger partial charge in [0.15, 0.2) is 9.84 Å². The van der Waals surface area contributed by atoms with Crippen molar-refractivity contribution in [3.63, 3.8) is 0 Å². The minimum absolute atomic E-state index is 0.0499. The van der Waals surface area contributed by atoms with Gasteiger partial charge in [0.2, 0.25) is 0 Å². The van der Waals surface area contributed by atoms with E-state index in [2.05, 4.69) is 0 Å². The van der Waals surface area contributed by atoms with Crippen LogP contribution in [0.3, 0.4) is 0 Å². The van der Waals surface area contributed by atoms with Gasteiger partial charge in [-0.15, -0.1) is 0 Å². The normalized spacial score (nSPS) is 13.1.